The van der Waals surface area contributed by atoms with Gasteiger partial charge in [0.25, 0.3) is 0 Å². The van der Waals surface area contributed by atoms with E-state index in [1.54, 1.807) is 0 Å². The van der Waals surface area contributed by atoms with Crippen LogP contribution in [0.3, 0.4) is 0 Å². The van der Waals surface area contributed by atoms with Gasteiger partial charge in [0.1, 0.15) is 5.82 Å². The Kier molecular flexibility index (Phi) is 6.55. The number of hydrogen-bond donors (Lipinski definition) is 2. The molecule has 1 aromatic carbocycles. The summed E-state index contributed by atoms with van der Waals surface area (Å²) in [6, 6.07) is 3.95. The summed E-state index contributed by atoms with van der Waals surface area (Å²) in [5.74, 6) is 0.972. The average Bonchev–Trinajstić information content (AvgIpc) is 3.03. The lowest BCUT2D eigenvalue weighted by molar-refractivity contribution is 0.160. The fourth-order valence-corrected chi connectivity index (χ4v) is 3.43. The summed E-state index contributed by atoms with van der Waals surface area (Å²) in [5, 5.41) is 2.87. The molecule has 7 heteroatoms. The molecule has 1 saturated heterocycles. The Balaban J connectivity index is 1.78. The number of nitrogens with zero attached hydrogens (tertiary/aromatic N) is 3. The van der Waals surface area contributed by atoms with E-state index in [1.165, 1.54) is 19.3 Å². The lowest BCUT2D eigenvalue weighted by Gasteiger charge is -2.25. The Morgan fingerprint density at radius 2 is 2.07 bits per heavy atom. The SMILES string of the molecule is CCCCOC(=O)Nc1cc2[nH]c(CN3CCCCC3)nc2cc1N(C)C. The second kappa shape index (κ2) is 9.08. The first-order valence-electron chi connectivity index (χ1n) is 9.93. The Hall–Kier alpha value is -2.28. The van der Waals surface area contributed by atoms with Crippen molar-refractivity contribution in [2.75, 3.05) is 44.0 Å². The van der Waals surface area contributed by atoms with Gasteiger partial charge in [0.2, 0.25) is 0 Å². The molecule has 1 aliphatic rings. The Morgan fingerprint density at radius 1 is 1.30 bits per heavy atom. The standard InChI is InChI=1S/C20H31N5O2/c1-4-5-11-27-20(26)23-17-12-15-16(13-18(17)24(2)3)22-19(21-15)14-25-9-7-6-8-10-25/h12-13H,4-11,14H2,1-3H3,(H,21,22)(H,23,26). The average molecular weight is 374 g/mol. The lowest BCUT2D eigenvalue weighted by atomic mass is 10.1. The van der Waals surface area contributed by atoms with E-state index in [-0.39, 0.29) is 0 Å². The van der Waals surface area contributed by atoms with Crippen molar-refractivity contribution in [3.05, 3.63) is 18.0 Å². The van der Waals surface area contributed by atoms with Crippen LogP contribution in [0.2, 0.25) is 0 Å². The fourth-order valence-electron chi connectivity index (χ4n) is 3.43. The number of piperidine rings is 1. The van der Waals surface area contributed by atoms with E-state index < -0.39 is 6.09 Å². The predicted molar refractivity (Wildman–Crippen MR) is 109 cm³/mol. The van der Waals surface area contributed by atoms with Crippen LogP contribution in [0.5, 0.6) is 0 Å². The maximum atomic E-state index is 12.1. The van der Waals surface area contributed by atoms with Crippen molar-refractivity contribution in [2.24, 2.45) is 0 Å². The van der Waals surface area contributed by atoms with Crippen molar-refractivity contribution in [3.8, 4) is 0 Å². The molecule has 0 saturated carbocycles. The zero-order valence-corrected chi connectivity index (χ0v) is 16.7. The van der Waals surface area contributed by atoms with Crippen LogP contribution < -0.4 is 10.2 Å². The zero-order chi connectivity index (χ0) is 19.2. The number of carbonyl (C=O) groups is 1. The van der Waals surface area contributed by atoms with Crippen LogP contribution >= 0.6 is 0 Å². The minimum atomic E-state index is -0.418. The number of benzene rings is 1. The maximum Gasteiger partial charge on any atom is 0.411 e. The van der Waals surface area contributed by atoms with E-state index in [1.807, 2.05) is 31.1 Å². The molecule has 0 unspecified atom stereocenters. The summed E-state index contributed by atoms with van der Waals surface area (Å²) < 4.78 is 5.24. The van der Waals surface area contributed by atoms with Crippen molar-refractivity contribution in [1.82, 2.24) is 14.9 Å². The molecule has 7 nitrogen and oxygen atoms in total. The molecule has 2 N–H and O–H groups in total. The van der Waals surface area contributed by atoms with E-state index in [2.05, 4.69) is 22.1 Å². The molecule has 1 aromatic heterocycles. The van der Waals surface area contributed by atoms with Gasteiger partial charge in [-0.25, -0.2) is 9.78 Å². The van der Waals surface area contributed by atoms with Gasteiger partial charge in [0, 0.05) is 14.1 Å². The van der Waals surface area contributed by atoms with Crippen molar-refractivity contribution < 1.29 is 9.53 Å². The molecule has 1 amide bonds. The Morgan fingerprint density at radius 3 is 2.78 bits per heavy atom. The lowest BCUT2D eigenvalue weighted by Crippen LogP contribution is -2.29. The third kappa shape index (κ3) is 5.13. The molecule has 27 heavy (non-hydrogen) atoms. The number of amides is 1. The second-order valence-electron chi connectivity index (χ2n) is 7.42. The van der Waals surface area contributed by atoms with Gasteiger partial charge in [0.05, 0.1) is 35.6 Å². The van der Waals surface area contributed by atoms with Crippen LogP contribution in [0.15, 0.2) is 12.1 Å². The third-order valence-corrected chi connectivity index (χ3v) is 4.92. The smallest absolute Gasteiger partial charge is 0.411 e. The highest BCUT2D eigenvalue weighted by Gasteiger charge is 2.16. The summed E-state index contributed by atoms with van der Waals surface area (Å²) in [5.41, 5.74) is 3.47. The first-order chi connectivity index (χ1) is 13.1. The molecule has 0 aliphatic carbocycles. The van der Waals surface area contributed by atoms with Gasteiger partial charge in [-0.2, -0.15) is 0 Å². The number of nitrogens with one attached hydrogen (secondary N) is 2. The molecular weight excluding hydrogens is 342 g/mol. The van der Waals surface area contributed by atoms with Gasteiger partial charge in [0.15, 0.2) is 0 Å². The zero-order valence-electron chi connectivity index (χ0n) is 16.7. The highest BCUT2D eigenvalue weighted by atomic mass is 16.5. The summed E-state index contributed by atoms with van der Waals surface area (Å²) in [7, 11) is 3.91. The van der Waals surface area contributed by atoms with E-state index in [0.29, 0.717) is 6.61 Å². The summed E-state index contributed by atoms with van der Waals surface area (Å²) in [4.78, 5) is 24.7. The quantitative estimate of drug-likeness (QED) is 0.719. The van der Waals surface area contributed by atoms with Gasteiger partial charge < -0.3 is 14.6 Å². The van der Waals surface area contributed by atoms with E-state index in [0.717, 1.165) is 60.7 Å². The van der Waals surface area contributed by atoms with E-state index >= 15 is 0 Å². The highest BCUT2D eigenvalue weighted by Crippen LogP contribution is 2.30. The number of rotatable bonds is 7. The number of ether oxygens (including phenoxy) is 1. The number of aromatic amines is 1. The van der Waals surface area contributed by atoms with Crippen LogP contribution in [-0.4, -0.2) is 54.8 Å². The van der Waals surface area contributed by atoms with Crippen LogP contribution in [0.25, 0.3) is 11.0 Å². The molecule has 1 fully saturated rings. The molecule has 2 aromatic rings. The van der Waals surface area contributed by atoms with Crippen LogP contribution in [-0.2, 0) is 11.3 Å². The Bertz CT molecular complexity index is 765. The monoisotopic (exact) mass is 373 g/mol. The van der Waals surface area contributed by atoms with Crippen LogP contribution in [0.1, 0.15) is 44.9 Å². The predicted octanol–water partition coefficient (Wildman–Crippen LogP) is 3.96. The maximum absolute atomic E-state index is 12.1. The third-order valence-electron chi connectivity index (χ3n) is 4.92. The van der Waals surface area contributed by atoms with Crippen molar-refractivity contribution in [3.63, 3.8) is 0 Å². The number of imidazole rings is 1. The summed E-state index contributed by atoms with van der Waals surface area (Å²) in [6.45, 7) is 5.62. The molecule has 0 radical (unpaired) electrons. The van der Waals surface area contributed by atoms with Crippen molar-refractivity contribution in [2.45, 2.75) is 45.6 Å². The van der Waals surface area contributed by atoms with Crippen molar-refractivity contribution >= 4 is 28.5 Å². The van der Waals surface area contributed by atoms with Gasteiger partial charge in [-0.05, 0) is 44.5 Å². The van der Waals surface area contributed by atoms with Gasteiger partial charge >= 0.3 is 6.09 Å². The molecule has 2 heterocycles. The number of likely N-dealkylation sites (tertiary alicyclic amines) is 1. The number of aromatic nitrogens is 2. The molecule has 148 valence electrons. The largest absolute Gasteiger partial charge is 0.449 e. The van der Waals surface area contributed by atoms with E-state index in [9.17, 15) is 4.79 Å². The number of carbonyl (C=O) groups excluding carboxylic acids is 1. The highest BCUT2D eigenvalue weighted by molar-refractivity contribution is 5.95. The normalized spacial score (nSPS) is 15.1. The first kappa shape index (κ1) is 19.5. The molecule has 0 spiro atoms. The van der Waals surface area contributed by atoms with E-state index in [4.69, 9.17) is 9.72 Å². The Labute approximate surface area is 161 Å². The second-order valence-corrected chi connectivity index (χ2v) is 7.42. The molecule has 1 aliphatic heterocycles. The minimum absolute atomic E-state index is 0.418. The number of hydrogen-bond acceptors (Lipinski definition) is 5. The van der Waals surface area contributed by atoms with Gasteiger partial charge in [-0.3, -0.25) is 10.2 Å². The molecule has 0 bridgehead atoms. The fraction of sp³-hybridized carbons (Fsp3) is 0.600. The summed E-state index contributed by atoms with van der Waals surface area (Å²) >= 11 is 0. The molecular formula is C20H31N5O2. The van der Waals surface area contributed by atoms with Gasteiger partial charge in [-0.1, -0.05) is 19.8 Å². The van der Waals surface area contributed by atoms with Gasteiger partial charge in [-0.15, -0.1) is 0 Å². The summed E-state index contributed by atoms with van der Waals surface area (Å²) in [6.07, 6.45) is 5.30. The first-order valence-corrected chi connectivity index (χ1v) is 9.93. The topological polar surface area (TPSA) is 73.5 Å². The number of unbranched alkanes of at least 4 members (excludes halogenated alkanes) is 1. The van der Waals surface area contributed by atoms with Crippen LogP contribution in [0.4, 0.5) is 16.2 Å². The number of fused-ring (bicyclic) bond motifs is 1. The minimum Gasteiger partial charge on any atom is -0.449 e. The molecule has 0 atom stereocenters. The number of H-pyrrole nitrogens is 1. The van der Waals surface area contributed by atoms with Crippen molar-refractivity contribution in [1.29, 1.82) is 0 Å². The number of anilines is 2. The van der Waals surface area contributed by atoms with Crippen LogP contribution in [0, 0.1) is 0 Å². The molecule has 3 rings (SSSR count).